The predicted molar refractivity (Wildman–Crippen MR) is 88.2 cm³/mol. The van der Waals surface area contributed by atoms with Crippen LogP contribution < -0.4 is 0 Å². The molecule has 0 aromatic heterocycles. The fourth-order valence-corrected chi connectivity index (χ4v) is 2.63. The lowest BCUT2D eigenvalue weighted by Gasteiger charge is -2.15. The second-order valence-corrected chi connectivity index (χ2v) is 4.62. The van der Waals surface area contributed by atoms with E-state index in [-0.39, 0.29) is 0 Å². The first-order chi connectivity index (χ1) is 9.24. The van der Waals surface area contributed by atoms with Crippen molar-refractivity contribution in [3.63, 3.8) is 0 Å². The van der Waals surface area contributed by atoms with Gasteiger partial charge < -0.3 is 0 Å². The Morgan fingerprint density at radius 3 is 2.00 bits per heavy atom. The van der Waals surface area contributed by atoms with Crippen molar-refractivity contribution in [2.45, 2.75) is 20.8 Å². The maximum atomic E-state index is 4.00. The normalized spacial score (nSPS) is 11.7. The highest BCUT2D eigenvalue weighted by molar-refractivity contribution is 5.99. The van der Waals surface area contributed by atoms with E-state index in [1.165, 1.54) is 33.0 Å². The maximum Gasteiger partial charge on any atom is -0.0103 e. The van der Waals surface area contributed by atoms with E-state index >= 15 is 0 Å². The van der Waals surface area contributed by atoms with Crippen LogP contribution in [0.25, 0.3) is 29.0 Å². The summed E-state index contributed by atoms with van der Waals surface area (Å²) < 4.78 is 0. The van der Waals surface area contributed by atoms with Crippen LogP contribution in [0.3, 0.4) is 0 Å². The van der Waals surface area contributed by atoms with Crippen molar-refractivity contribution in [3.05, 3.63) is 65.3 Å². The summed E-state index contributed by atoms with van der Waals surface area (Å²) in [5.41, 5.74) is 5.08. The van der Waals surface area contributed by atoms with Gasteiger partial charge in [0, 0.05) is 0 Å². The van der Waals surface area contributed by atoms with Crippen molar-refractivity contribution in [1.82, 2.24) is 0 Å². The Labute approximate surface area is 115 Å². The Morgan fingerprint density at radius 1 is 0.842 bits per heavy atom. The monoisotopic (exact) mass is 248 g/mol. The van der Waals surface area contributed by atoms with E-state index in [4.69, 9.17) is 0 Å². The number of fused-ring (bicyclic) bond motifs is 1. The molecular formula is C19H20. The Balaban J connectivity index is 3.02. The van der Waals surface area contributed by atoms with Crippen LogP contribution in [0, 0.1) is 6.92 Å². The average Bonchev–Trinajstić information content (AvgIpc) is 2.44. The predicted octanol–water partition coefficient (Wildman–Crippen LogP) is 5.86. The van der Waals surface area contributed by atoms with Gasteiger partial charge >= 0.3 is 0 Å². The molecule has 0 heterocycles. The number of benzene rings is 2. The Kier molecular flexibility index (Phi) is 4.01. The standard InChI is InChI=1S/C19H20/c1-5-10-16-14(4)17-12-8-9-13-19(17)15(7-3)18(16)11-6-2/h5-13H,3H2,1-2,4H3/b10-5-,11-6-. The zero-order valence-corrected chi connectivity index (χ0v) is 11.9. The van der Waals surface area contributed by atoms with Crippen LogP contribution in [0.2, 0.25) is 0 Å². The van der Waals surface area contributed by atoms with Crippen LogP contribution in [0.4, 0.5) is 0 Å². The molecule has 96 valence electrons. The van der Waals surface area contributed by atoms with Crippen LogP contribution in [0.5, 0.6) is 0 Å². The van der Waals surface area contributed by atoms with E-state index in [9.17, 15) is 0 Å². The molecule has 0 aliphatic carbocycles. The summed E-state index contributed by atoms with van der Waals surface area (Å²) in [5, 5.41) is 2.58. The number of hydrogen-bond acceptors (Lipinski definition) is 0. The third kappa shape index (κ3) is 2.26. The first-order valence-corrected chi connectivity index (χ1v) is 6.67. The van der Waals surface area contributed by atoms with Crippen molar-refractivity contribution >= 4 is 29.0 Å². The number of aryl methyl sites for hydroxylation is 1. The topological polar surface area (TPSA) is 0 Å². The van der Waals surface area contributed by atoms with Crippen molar-refractivity contribution in [2.24, 2.45) is 0 Å². The highest BCUT2D eigenvalue weighted by atomic mass is 14.1. The quantitative estimate of drug-likeness (QED) is 0.638. The molecule has 0 nitrogen and oxygen atoms in total. The minimum atomic E-state index is 1.22. The molecule has 0 fully saturated rings. The Morgan fingerprint density at radius 2 is 1.42 bits per heavy atom. The van der Waals surface area contributed by atoms with Crippen molar-refractivity contribution < 1.29 is 0 Å². The third-order valence-corrected chi connectivity index (χ3v) is 3.48. The summed E-state index contributed by atoms with van der Waals surface area (Å²) in [5.74, 6) is 0. The van der Waals surface area contributed by atoms with Gasteiger partial charge in [-0.25, -0.2) is 0 Å². The van der Waals surface area contributed by atoms with E-state index in [1.54, 1.807) is 0 Å². The van der Waals surface area contributed by atoms with E-state index in [0.717, 1.165) is 0 Å². The van der Waals surface area contributed by atoms with Crippen LogP contribution in [-0.2, 0) is 0 Å². The van der Waals surface area contributed by atoms with Gasteiger partial charge in [-0.3, -0.25) is 0 Å². The zero-order valence-electron chi connectivity index (χ0n) is 11.9. The highest BCUT2D eigenvalue weighted by Gasteiger charge is 2.11. The largest absolute Gasteiger partial charge is 0.0984 e. The van der Waals surface area contributed by atoms with E-state index < -0.39 is 0 Å². The molecule has 0 N–H and O–H groups in total. The molecule has 0 unspecified atom stereocenters. The summed E-state index contributed by atoms with van der Waals surface area (Å²) in [7, 11) is 0. The molecule has 0 saturated carbocycles. The van der Waals surface area contributed by atoms with E-state index in [2.05, 4.69) is 75.9 Å². The minimum Gasteiger partial charge on any atom is -0.0984 e. The van der Waals surface area contributed by atoms with Gasteiger partial charge in [0.15, 0.2) is 0 Å². The van der Waals surface area contributed by atoms with Crippen molar-refractivity contribution in [1.29, 1.82) is 0 Å². The molecule has 19 heavy (non-hydrogen) atoms. The fraction of sp³-hybridized carbons (Fsp3) is 0.158. The molecule has 0 spiro atoms. The van der Waals surface area contributed by atoms with E-state index in [1.807, 2.05) is 6.08 Å². The molecule has 0 bridgehead atoms. The van der Waals surface area contributed by atoms with Gasteiger partial charge in [0.05, 0.1) is 0 Å². The number of rotatable bonds is 3. The smallest absolute Gasteiger partial charge is 0.0103 e. The molecule has 0 heteroatoms. The lowest BCUT2D eigenvalue weighted by atomic mass is 9.89. The third-order valence-electron chi connectivity index (χ3n) is 3.48. The second kappa shape index (κ2) is 5.71. The van der Waals surface area contributed by atoms with Gasteiger partial charge in [-0.05, 0) is 53.8 Å². The first kappa shape index (κ1) is 13.4. The number of allylic oxidation sites excluding steroid dienone is 2. The molecule has 2 aromatic rings. The summed E-state index contributed by atoms with van der Waals surface area (Å²) in [6.07, 6.45) is 10.5. The molecule has 0 saturated heterocycles. The summed E-state index contributed by atoms with van der Waals surface area (Å²) in [6, 6.07) is 8.54. The molecule has 0 atom stereocenters. The lowest BCUT2D eigenvalue weighted by Crippen LogP contribution is -1.94. The molecule has 0 amide bonds. The first-order valence-electron chi connectivity index (χ1n) is 6.67. The van der Waals surface area contributed by atoms with Gasteiger partial charge in [0.2, 0.25) is 0 Å². The van der Waals surface area contributed by atoms with Crippen LogP contribution in [-0.4, -0.2) is 0 Å². The van der Waals surface area contributed by atoms with Crippen molar-refractivity contribution in [3.8, 4) is 0 Å². The highest BCUT2D eigenvalue weighted by Crippen LogP contribution is 2.32. The van der Waals surface area contributed by atoms with Gasteiger partial charge in [-0.2, -0.15) is 0 Å². The van der Waals surface area contributed by atoms with Crippen LogP contribution in [0.1, 0.15) is 36.1 Å². The zero-order chi connectivity index (χ0) is 13.8. The van der Waals surface area contributed by atoms with Gasteiger partial charge in [0.1, 0.15) is 0 Å². The van der Waals surface area contributed by atoms with Gasteiger partial charge in [-0.15, -0.1) is 0 Å². The summed E-state index contributed by atoms with van der Waals surface area (Å²) in [6.45, 7) is 10.3. The fourth-order valence-electron chi connectivity index (χ4n) is 2.63. The lowest BCUT2D eigenvalue weighted by molar-refractivity contribution is 1.46. The Hall–Kier alpha value is -2.08. The van der Waals surface area contributed by atoms with Crippen LogP contribution >= 0.6 is 0 Å². The molecule has 0 radical (unpaired) electrons. The minimum absolute atomic E-state index is 1.22. The molecular weight excluding hydrogens is 228 g/mol. The SMILES string of the molecule is C=Cc1c(/C=C\C)c(/C=C\C)c(C)c2ccccc12. The van der Waals surface area contributed by atoms with Crippen molar-refractivity contribution in [2.75, 3.05) is 0 Å². The Bertz CT molecular complexity index is 670. The summed E-state index contributed by atoms with van der Waals surface area (Å²) in [4.78, 5) is 0. The van der Waals surface area contributed by atoms with Gasteiger partial charge in [0.25, 0.3) is 0 Å². The second-order valence-electron chi connectivity index (χ2n) is 4.62. The molecule has 2 aromatic carbocycles. The number of hydrogen-bond donors (Lipinski definition) is 0. The van der Waals surface area contributed by atoms with E-state index in [0.29, 0.717) is 0 Å². The molecule has 2 rings (SSSR count). The average molecular weight is 248 g/mol. The summed E-state index contributed by atoms with van der Waals surface area (Å²) >= 11 is 0. The molecule has 0 aliphatic heterocycles. The maximum absolute atomic E-state index is 4.00. The molecule has 0 aliphatic rings. The van der Waals surface area contributed by atoms with Crippen LogP contribution in [0.15, 0.2) is 43.0 Å². The van der Waals surface area contributed by atoms with Gasteiger partial charge in [-0.1, -0.05) is 61.2 Å².